The monoisotopic (exact) mass is 309 g/mol. The highest BCUT2D eigenvalue weighted by atomic mass is 79.9. The van der Waals surface area contributed by atoms with E-state index >= 15 is 0 Å². The van der Waals surface area contributed by atoms with E-state index in [4.69, 9.17) is 16.4 Å². The van der Waals surface area contributed by atoms with Gasteiger partial charge in [0.2, 0.25) is 0 Å². The van der Waals surface area contributed by atoms with Crippen LogP contribution < -0.4 is 5.73 Å². The van der Waals surface area contributed by atoms with Gasteiger partial charge in [0.05, 0.1) is 15.9 Å². The molecule has 80 valence electrons. The minimum atomic E-state index is -3.78. The quantitative estimate of drug-likeness (QED) is 0.787. The number of nitrogens with zero attached hydrogens (tertiary/aromatic N) is 1. The molecule has 0 radical (unpaired) electrons. The lowest BCUT2D eigenvalue weighted by atomic mass is 10.3. The minimum Gasteiger partial charge on any atom is -0.369 e. The fourth-order valence-corrected chi connectivity index (χ4v) is 3.40. The summed E-state index contributed by atoms with van der Waals surface area (Å²) in [6.45, 7) is 0. The van der Waals surface area contributed by atoms with Gasteiger partial charge in [0, 0.05) is 15.2 Å². The molecule has 8 heteroatoms. The van der Waals surface area contributed by atoms with Gasteiger partial charge in [-0.05, 0) is 28.1 Å². The second-order valence-electron chi connectivity index (χ2n) is 2.86. The van der Waals surface area contributed by atoms with Gasteiger partial charge >= 0.3 is 0 Å². The molecule has 1 aromatic heterocycles. The van der Waals surface area contributed by atoms with Crippen LogP contribution in [0.4, 0.5) is 5.95 Å². The number of hydrogen-bond donors (Lipinski definition) is 2. The van der Waals surface area contributed by atoms with E-state index in [1.807, 2.05) is 0 Å². The molecule has 0 saturated heterocycles. The molecule has 5 nitrogen and oxygen atoms in total. The number of benzene rings is 1. The van der Waals surface area contributed by atoms with E-state index in [0.717, 1.165) is 0 Å². The maximum Gasteiger partial charge on any atom is 0.262 e. The van der Waals surface area contributed by atoms with Gasteiger partial charge in [-0.1, -0.05) is 0 Å². The molecule has 0 saturated carbocycles. The number of H-pyrrole nitrogens is 1. The molecule has 1 heterocycles. The van der Waals surface area contributed by atoms with Gasteiger partial charge in [0.1, 0.15) is 0 Å². The van der Waals surface area contributed by atoms with Crippen molar-refractivity contribution in [1.82, 2.24) is 9.97 Å². The van der Waals surface area contributed by atoms with Crippen LogP contribution in [0.3, 0.4) is 0 Å². The van der Waals surface area contributed by atoms with Gasteiger partial charge in [-0.15, -0.1) is 0 Å². The van der Waals surface area contributed by atoms with Crippen molar-refractivity contribution in [2.75, 3.05) is 5.73 Å². The van der Waals surface area contributed by atoms with Crippen molar-refractivity contribution in [2.45, 2.75) is 4.90 Å². The van der Waals surface area contributed by atoms with E-state index in [-0.39, 0.29) is 10.8 Å². The van der Waals surface area contributed by atoms with Gasteiger partial charge in [-0.3, -0.25) is 0 Å². The number of nitrogens with one attached hydrogen (secondary N) is 1. The van der Waals surface area contributed by atoms with E-state index in [9.17, 15) is 8.42 Å². The Hall–Kier alpha value is -0.790. The van der Waals surface area contributed by atoms with Crippen LogP contribution in [0.2, 0.25) is 0 Å². The molecule has 0 bridgehead atoms. The normalized spacial score (nSPS) is 12.1. The molecule has 0 aliphatic carbocycles. The number of fused-ring (bicyclic) bond motifs is 1. The number of halogens is 2. The molecule has 0 amide bonds. The number of hydrogen-bond acceptors (Lipinski definition) is 4. The van der Waals surface area contributed by atoms with Crippen LogP contribution in [0.15, 0.2) is 21.5 Å². The van der Waals surface area contributed by atoms with E-state index in [0.29, 0.717) is 15.5 Å². The summed E-state index contributed by atoms with van der Waals surface area (Å²) < 4.78 is 22.7. The number of nitrogen functional groups attached to an aromatic ring is 1. The lowest BCUT2D eigenvalue weighted by Gasteiger charge is -1.99. The Balaban J connectivity index is 2.83. The predicted octanol–water partition coefficient (Wildman–Crippen LogP) is 1.84. The largest absolute Gasteiger partial charge is 0.369 e. The van der Waals surface area contributed by atoms with Gasteiger partial charge < -0.3 is 10.7 Å². The molecule has 2 aromatic rings. The molecule has 1 aromatic carbocycles. The summed E-state index contributed by atoms with van der Waals surface area (Å²) in [5.41, 5.74) is 6.53. The number of imidazole rings is 1. The zero-order chi connectivity index (χ0) is 11.2. The first-order valence-electron chi connectivity index (χ1n) is 3.77. The summed E-state index contributed by atoms with van der Waals surface area (Å²) in [5, 5.41) is 0. The summed E-state index contributed by atoms with van der Waals surface area (Å²) in [4.78, 5) is 6.66. The van der Waals surface area contributed by atoms with Crippen LogP contribution in [0.1, 0.15) is 0 Å². The Morgan fingerprint density at radius 1 is 1.47 bits per heavy atom. The number of aromatic amines is 1. The lowest BCUT2D eigenvalue weighted by molar-refractivity contribution is 0.609. The van der Waals surface area contributed by atoms with Crippen LogP contribution in [-0.4, -0.2) is 18.4 Å². The minimum absolute atomic E-state index is 0.0136. The van der Waals surface area contributed by atoms with Crippen molar-refractivity contribution < 1.29 is 8.42 Å². The van der Waals surface area contributed by atoms with Crippen molar-refractivity contribution in [1.29, 1.82) is 0 Å². The number of anilines is 1. The van der Waals surface area contributed by atoms with Crippen molar-refractivity contribution >= 4 is 52.6 Å². The van der Waals surface area contributed by atoms with Crippen molar-refractivity contribution in [3.63, 3.8) is 0 Å². The van der Waals surface area contributed by atoms with Gasteiger partial charge in [-0.25, -0.2) is 13.4 Å². The summed E-state index contributed by atoms with van der Waals surface area (Å²) in [7, 11) is 1.47. The third-order valence-electron chi connectivity index (χ3n) is 1.82. The average molecular weight is 311 g/mol. The Labute approximate surface area is 98.2 Å². The molecule has 0 atom stereocenters. The smallest absolute Gasteiger partial charge is 0.262 e. The fraction of sp³-hybridized carbons (Fsp3) is 0. The topological polar surface area (TPSA) is 88.8 Å². The Morgan fingerprint density at radius 3 is 2.73 bits per heavy atom. The van der Waals surface area contributed by atoms with Crippen molar-refractivity contribution in [3.8, 4) is 0 Å². The summed E-state index contributed by atoms with van der Waals surface area (Å²) >= 11 is 3.10. The van der Waals surface area contributed by atoms with Crippen molar-refractivity contribution in [3.05, 3.63) is 16.6 Å². The van der Waals surface area contributed by atoms with E-state index in [1.54, 1.807) is 0 Å². The Bertz CT molecular complexity index is 637. The second-order valence-corrected chi connectivity index (χ2v) is 6.25. The first-order chi connectivity index (χ1) is 6.88. The maximum absolute atomic E-state index is 11.2. The SMILES string of the molecule is Nc1nc2cc(Br)c(S(=O)(=O)Cl)cc2[nH]1. The highest BCUT2D eigenvalue weighted by Crippen LogP contribution is 2.29. The highest BCUT2D eigenvalue weighted by Gasteiger charge is 2.16. The molecule has 0 aliphatic rings. The highest BCUT2D eigenvalue weighted by molar-refractivity contribution is 9.10. The van der Waals surface area contributed by atoms with E-state index < -0.39 is 9.05 Å². The third kappa shape index (κ3) is 1.95. The molecule has 0 unspecified atom stereocenters. The second kappa shape index (κ2) is 3.36. The molecule has 0 aliphatic heterocycles. The predicted molar refractivity (Wildman–Crippen MR) is 61.2 cm³/mol. The van der Waals surface area contributed by atoms with E-state index in [1.165, 1.54) is 12.1 Å². The van der Waals surface area contributed by atoms with Crippen LogP contribution in [0.5, 0.6) is 0 Å². The van der Waals surface area contributed by atoms with Crippen LogP contribution >= 0.6 is 26.6 Å². The van der Waals surface area contributed by atoms with Crippen LogP contribution in [-0.2, 0) is 9.05 Å². The average Bonchev–Trinajstić information content (AvgIpc) is 2.40. The maximum atomic E-state index is 11.2. The molecule has 0 spiro atoms. The van der Waals surface area contributed by atoms with Gasteiger partial charge in [0.25, 0.3) is 9.05 Å². The summed E-state index contributed by atoms with van der Waals surface area (Å²) in [6, 6.07) is 2.92. The Kier molecular flexibility index (Phi) is 2.40. The molecule has 2 rings (SSSR count). The summed E-state index contributed by atoms with van der Waals surface area (Å²) in [6.07, 6.45) is 0. The molecular formula is C7H5BrClN3O2S. The van der Waals surface area contributed by atoms with Crippen molar-refractivity contribution in [2.24, 2.45) is 0 Å². The molecule has 0 fully saturated rings. The van der Waals surface area contributed by atoms with Crippen LogP contribution in [0.25, 0.3) is 11.0 Å². The number of aromatic nitrogens is 2. The molecule has 3 N–H and O–H groups in total. The zero-order valence-corrected chi connectivity index (χ0v) is 10.3. The lowest BCUT2D eigenvalue weighted by Crippen LogP contribution is -1.92. The summed E-state index contributed by atoms with van der Waals surface area (Å²) in [5.74, 6) is 0.223. The van der Waals surface area contributed by atoms with Gasteiger partial charge in [0.15, 0.2) is 5.95 Å². The number of rotatable bonds is 1. The first-order valence-corrected chi connectivity index (χ1v) is 6.87. The van der Waals surface area contributed by atoms with E-state index in [2.05, 4.69) is 25.9 Å². The first kappa shape index (κ1) is 10.7. The third-order valence-corrected chi connectivity index (χ3v) is 4.10. The zero-order valence-electron chi connectivity index (χ0n) is 7.16. The standard InChI is InChI=1S/C7H5BrClN3O2S/c8-3-1-4-5(12-7(10)11-4)2-6(3)15(9,13)14/h1-2H,(H3,10,11,12). The number of nitrogens with two attached hydrogens (primary N) is 1. The van der Waals surface area contributed by atoms with Crippen LogP contribution in [0, 0.1) is 0 Å². The molecule has 15 heavy (non-hydrogen) atoms. The fourth-order valence-electron chi connectivity index (χ4n) is 1.22. The Morgan fingerprint density at radius 2 is 2.13 bits per heavy atom. The van der Waals surface area contributed by atoms with Gasteiger partial charge in [-0.2, -0.15) is 0 Å². The molecular weight excluding hydrogens is 306 g/mol.